The Hall–Kier alpha value is -5.66. The Balaban J connectivity index is 1.09. The average Bonchev–Trinajstić information content (AvgIpc) is 3.60. The fourth-order valence-corrected chi connectivity index (χ4v) is 7.60. The van der Waals surface area contributed by atoms with Gasteiger partial charge in [-0.05, 0) is 91.5 Å². The van der Waals surface area contributed by atoms with Crippen LogP contribution in [0.15, 0.2) is 158 Å². The minimum atomic E-state index is -0.0133. The van der Waals surface area contributed by atoms with E-state index >= 15 is 0 Å². The van der Waals surface area contributed by atoms with Crippen LogP contribution in [0.4, 0.5) is 0 Å². The Kier molecular flexibility index (Phi) is 5.92. The van der Waals surface area contributed by atoms with Crippen molar-refractivity contribution in [2.75, 3.05) is 0 Å². The number of hydrogen-bond donors (Lipinski definition) is 1. The first-order chi connectivity index (χ1) is 22.5. The molecule has 1 N–H and O–H groups in total. The Morgan fingerprint density at radius 3 is 1.74 bits per heavy atom. The van der Waals surface area contributed by atoms with Crippen molar-refractivity contribution < 1.29 is 0 Å². The molecule has 1 nitrogen and oxygen atoms in total. The maximum absolute atomic E-state index is 3.75. The predicted molar refractivity (Wildman–Crippen MR) is 195 cm³/mol. The molecule has 46 heavy (non-hydrogen) atoms. The SMILES string of the molecule is CC1(C)c2ccccc2-c2ccc(-c3cccc(-c4cccc(-c5cccc6c5[nH]c5ccc(-c7ccccc7)cc56)c4)c3)cc21. The van der Waals surface area contributed by atoms with Crippen molar-refractivity contribution in [3.63, 3.8) is 0 Å². The normalized spacial score (nSPS) is 13.2. The second kappa shape index (κ2) is 10.2. The Morgan fingerprint density at radius 2 is 0.935 bits per heavy atom. The van der Waals surface area contributed by atoms with E-state index in [0.29, 0.717) is 0 Å². The highest BCUT2D eigenvalue weighted by Gasteiger charge is 2.35. The van der Waals surface area contributed by atoms with Gasteiger partial charge >= 0.3 is 0 Å². The lowest BCUT2D eigenvalue weighted by atomic mass is 9.81. The molecule has 218 valence electrons. The summed E-state index contributed by atoms with van der Waals surface area (Å²) in [6.45, 7) is 4.69. The Labute approximate surface area is 269 Å². The number of nitrogens with one attached hydrogen (secondary N) is 1. The smallest absolute Gasteiger partial charge is 0.0544 e. The first-order valence-electron chi connectivity index (χ1n) is 16.1. The molecule has 0 bridgehead atoms. The van der Waals surface area contributed by atoms with E-state index in [0.717, 1.165) is 5.52 Å². The number of fused-ring (bicyclic) bond motifs is 6. The van der Waals surface area contributed by atoms with E-state index in [2.05, 4.69) is 177 Å². The molecule has 1 aromatic heterocycles. The number of H-pyrrole nitrogens is 1. The van der Waals surface area contributed by atoms with Crippen molar-refractivity contribution in [3.05, 3.63) is 169 Å². The molecule has 7 aromatic carbocycles. The minimum Gasteiger partial charge on any atom is -0.354 e. The molecule has 1 aliphatic rings. The highest BCUT2D eigenvalue weighted by atomic mass is 14.7. The van der Waals surface area contributed by atoms with Crippen LogP contribution < -0.4 is 0 Å². The molecule has 0 atom stereocenters. The molecule has 0 radical (unpaired) electrons. The van der Waals surface area contributed by atoms with Gasteiger partial charge in [0.2, 0.25) is 0 Å². The van der Waals surface area contributed by atoms with Crippen LogP contribution in [0, 0.1) is 0 Å². The maximum atomic E-state index is 3.75. The van der Waals surface area contributed by atoms with Gasteiger partial charge in [0.1, 0.15) is 0 Å². The van der Waals surface area contributed by atoms with Gasteiger partial charge in [-0.2, -0.15) is 0 Å². The van der Waals surface area contributed by atoms with Crippen molar-refractivity contribution >= 4 is 21.8 Å². The van der Waals surface area contributed by atoms with Crippen LogP contribution in [0.1, 0.15) is 25.0 Å². The standard InChI is InChI=1S/C45H33N/c1-45(2)41-20-7-6-17-37(41)38-23-21-34(28-42(38)45)31-14-8-13-30(25-31)32-15-9-16-35(26-32)36-18-10-19-39-40-27-33(29-11-4-3-5-12-29)22-24-43(40)46-44(36)39/h3-28,46H,1-2H3. The number of para-hydroxylation sites is 1. The molecular weight excluding hydrogens is 555 g/mol. The summed E-state index contributed by atoms with van der Waals surface area (Å²) in [4.78, 5) is 3.75. The van der Waals surface area contributed by atoms with Gasteiger partial charge in [0.25, 0.3) is 0 Å². The van der Waals surface area contributed by atoms with Gasteiger partial charge in [0, 0.05) is 27.3 Å². The van der Waals surface area contributed by atoms with Crippen molar-refractivity contribution in [1.82, 2.24) is 4.98 Å². The van der Waals surface area contributed by atoms with Gasteiger partial charge in [-0.15, -0.1) is 0 Å². The van der Waals surface area contributed by atoms with Crippen LogP contribution in [0.2, 0.25) is 0 Å². The van der Waals surface area contributed by atoms with Gasteiger partial charge < -0.3 is 4.98 Å². The van der Waals surface area contributed by atoms with Crippen LogP contribution in [-0.2, 0) is 5.41 Å². The molecule has 9 rings (SSSR count). The van der Waals surface area contributed by atoms with Gasteiger partial charge in [-0.25, -0.2) is 0 Å². The summed E-state index contributed by atoms with van der Waals surface area (Å²) < 4.78 is 0. The zero-order valence-electron chi connectivity index (χ0n) is 26.0. The largest absolute Gasteiger partial charge is 0.354 e. The zero-order chi connectivity index (χ0) is 30.8. The van der Waals surface area contributed by atoms with E-state index in [9.17, 15) is 0 Å². The van der Waals surface area contributed by atoms with E-state index in [4.69, 9.17) is 0 Å². The van der Waals surface area contributed by atoms with Crippen molar-refractivity contribution in [3.8, 4) is 55.6 Å². The second-order valence-electron chi connectivity index (χ2n) is 13.1. The van der Waals surface area contributed by atoms with E-state index in [1.54, 1.807) is 0 Å². The molecule has 8 aromatic rings. The van der Waals surface area contributed by atoms with E-state index < -0.39 is 0 Å². The fourth-order valence-electron chi connectivity index (χ4n) is 7.60. The Morgan fingerprint density at radius 1 is 0.370 bits per heavy atom. The van der Waals surface area contributed by atoms with Gasteiger partial charge in [-0.1, -0.05) is 141 Å². The maximum Gasteiger partial charge on any atom is 0.0544 e. The summed E-state index contributed by atoms with van der Waals surface area (Å²) in [5.41, 5.74) is 17.7. The summed E-state index contributed by atoms with van der Waals surface area (Å²) in [7, 11) is 0. The lowest BCUT2D eigenvalue weighted by molar-refractivity contribution is 0.660. The van der Waals surface area contributed by atoms with Gasteiger partial charge in [-0.3, -0.25) is 0 Å². The molecule has 1 aliphatic carbocycles. The van der Waals surface area contributed by atoms with Crippen molar-refractivity contribution in [2.45, 2.75) is 19.3 Å². The van der Waals surface area contributed by atoms with Crippen LogP contribution in [0.3, 0.4) is 0 Å². The number of aromatic amines is 1. The third-order valence-electron chi connectivity index (χ3n) is 10.0. The number of hydrogen-bond acceptors (Lipinski definition) is 0. The quantitative estimate of drug-likeness (QED) is 0.211. The molecule has 0 fully saturated rings. The molecule has 0 saturated carbocycles. The van der Waals surface area contributed by atoms with Crippen LogP contribution >= 0.6 is 0 Å². The van der Waals surface area contributed by atoms with E-state index in [-0.39, 0.29) is 5.41 Å². The highest BCUT2D eigenvalue weighted by molar-refractivity contribution is 6.12. The highest BCUT2D eigenvalue weighted by Crippen LogP contribution is 2.49. The monoisotopic (exact) mass is 587 g/mol. The lowest BCUT2D eigenvalue weighted by Crippen LogP contribution is -2.14. The molecule has 0 saturated heterocycles. The van der Waals surface area contributed by atoms with Crippen molar-refractivity contribution in [2.24, 2.45) is 0 Å². The third-order valence-corrected chi connectivity index (χ3v) is 10.0. The van der Waals surface area contributed by atoms with Crippen molar-refractivity contribution in [1.29, 1.82) is 0 Å². The molecule has 0 spiro atoms. The van der Waals surface area contributed by atoms with Gasteiger partial charge in [0.15, 0.2) is 0 Å². The fraction of sp³-hybridized carbons (Fsp3) is 0.0667. The minimum absolute atomic E-state index is 0.0133. The topological polar surface area (TPSA) is 15.8 Å². The van der Waals surface area contributed by atoms with Crippen LogP contribution in [0.25, 0.3) is 77.4 Å². The van der Waals surface area contributed by atoms with Gasteiger partial charge in [0.05, 0.1) is 5.52 Å². The zero-order valence-corrected chi connectivity index (χ0v) is 26.0. The summed E-state index contributed by atoms with van der Waals surface area (Å²) in [6, 6.07) is 57.8. The molecule has 0 amide bonds. The second-order valence-corrected chi connectivity index (χ2v) is 13.1. The predicted octanol–water partition coefficient (Wildman–Crippen LogP) is 12.3. The first kappa shape index (κ1) is 26.7. The summed E-state index contributed by atoms with van der Waals surface area (Å²) in [5, 5.41) is 2.50. The molecular formula is C45H33N. The molecule has 0 unspecified atom stereocenters. The number of aromatic nitrogens is 1. The van der Waals surface area contributed by atoms with Crippen LogP contribution in [0.5, 0.6) is 0 Å². The Bertz CT molecular complexity index is 2440. The van der Waals surface area contributed by atoms with E-state index in [1.807, 2.05) is 0 Å². The number of rotatable bonds is 4. The average molecular weight is 588 g/mol. The lowest BCUT2D eigenvalue weighted by Gasteiger charge is -2.22. The first-order valence-corrected chi connectivity index (χ1v) is 16.1. The molecule has 0 aliphatic heterocycles. The van der Waals surface area contributed by atoms with E-state index in [1.165, 1.54) is 83.1 Å². The third kappa shape index (κ3) is 4.16. The molecule has 1 heterocycles. The summed E-state index contributed by atoms with van der Waals surface area (Å²) in [5.74, 6) is 0. The summed E-state index contributed by atoms with van der Waals surface area (Å²) in [6.07, 6.45) is 0. The number of benzene rings is 7. The summed E-state index contributed by atoms with van der Waals surface area (Å²) >= 11 is 0. The van der Waals surface area contributed by atoms with Crippen LogP contribution in [-0.4, -0.2) is 4.98 Å². The molecule has 1 heteroatoms.